The van der Waals surface area contributed by atoms with Gasteiger partial charge in [0.15, 0.2) is 0 Å². The van der Waals surface area contributed by atoms with Crippen LogP contribution in [0.1, 0.15) is 34.0 Å². The zero-order valence-electron chi connectivity index (χ0n) is 14.0. The molecular formula is C20H15FN2O4. The number of fused-ring (bicyclic) bond motifs is 1. The number of benzene rings is 2. The molecule has 1 unspecified atom stereocenters. The minimum absolute atomic E-state index is 0.0360. The molecule has 0 saturated heterocycles. The number of carbonyl (C=O) groups is 2. The van der Waals surface area contributed by atoms with Gasteiger partial charge in [-0.15, -0.1) is 0 Å². The average Bonchev–Trinajstić information content (AvgIpc) is 3.02. The van der Waals surface area contributed by atoms with Crippen LogP contribution in [0.2, 0.25) is 0 Å². The number of carbonyl (C=O) groups excluding carboxylic acids is 1. The van der Waals surface area contributed by atoms with Gasteiger partial charge in [-0.05, 0) is 42.0 Å². The van der Waals surface area contributed by atoms with Gasteiger partial charge in [0.25, 0.3) is 0 Å². The number of carboxylic acid groups (broad SMARTS) is 1. The summed E-state index contributed by atoms with van der Waals surface area (Å²) in [4.78, 5) is 23.9. The average molecular weight is 366 g/mol. The Morgan fingerprint density at radius 1 is 1.11 bits per heavy atom. The number of aromatic nitrogens is 1. The fourth-order valence-corrected chi connectivity index (χ4v) is 3.43. The van der Waals surface area contributed by atoms with Crippen LogP contribution in [0.5, 0.6) is 5.75 Å². The number of rotatable bonds is 3. The van der Waals surface area contributed by atoms with E-state index in [4.69, 9.17) is 0 Å². The van der Waals surface area contributed by atoms with Crippen LogP contribution in [0.3, 0.4) is 0 Å². The van der Waals surface area contributed by atoms with E-state index in [1.165, 1.54) is 30.5 Å². The van der Waals surface area contributed by atoms with Crippen molar-refractivity contribution in [3.05, 3.63) is 77.4 Å². The number of aromatic hydroxyl groups is 1. The Morgan fingerprint density at radius 3 is 2.41 bits per heavy atom. The Morgan fingerprint density at radius 2 is 1.78 bits per heavy atom. The maximum atomic E-state index is 13.3. The monoisotopic (exact) mass is 366 g/mol. The van der Waals surface area contributed by atoms with Gasteiger partial charge in [-0.3, -0.25) is 4.79 Å². The predicted molar refractivity (Wildman–Crippen MR) is 95.9 cm³/mol. The first-order chi connectivity index (χ1) is 12.9. The number of phenolic OH excluding ortho intramolecular Hbond substituents is 1. The van der Waals surface area contributed by atoms with Crippen molar-refractivity contribution in [3.8, 4) is 11.4 Å². The van der Waals surface area contributed by atoms with Crippen molar-refractivity contribution in [2.24, 2.45) is 0 Å². The van der Waals surface area contributed by atoms with E-state index in [1.807, 2.05) is 0 Å². The Kier molecular flexibility index (Phi) is 3.92. The largest absolute Gasteiger partial charge is 0.508 e. The minimum Gasteiger partial charge on any atom is -0.508 e. The van der Waals surface area contributed by atoms with E-state index in [1.54, 1.807) is 28.8 Å². The summed E-state index contributed by atoms with van der Waals surface area (Å²) in [7, 11) is 0. The fraction of sp³-hybridized carbons (Fsp3) is 0.100. The van der Waals surface area contributed by atoms with Crippen molar-refractivity contribution in [1.29, 1.82) is 0 Å². The highest BCUT2D eigenvalue weighted by Crippen LogP contribution is 2.41. The number of aromatic carboxylic acids is 1. The summed E-state index contributed by atoms with van der Waals surface area (Å²) in [6.45, 7) is 0. The molecule has 4 rings (SSSR count). The molecule has 1 amide bonds. The first-order valence-electron chi connectivity index (χ1n) is 8.27. The number of phenols is 1. The molecular weight excluding hydrogens is 351 g/mol. The maximum Gasteiger partial charge on any atom is 0.339 e. The Labute approximate surface area is 153 Å². The summed E-state index contributed by atoms with van der Waals surface area (Å²) in [6.07, 6.45) is 1.56. The molecule has 136 valence electrons. The molecule has 0 saturated carbocycles. The third kappa shape index (κ3) is 2.93. The Hall–Kier alpha value is -3.61. The summed E-state index contributed by atoms with van der Waals surface area (Å²) in [5.74, 6) is -2.17. The van der Waals surface area contributed by atoms with E-state index >= 15 is 0 Å². The van der Waals surface area contributed by atoms with Crippen LogP contribution in [0.4, 0.5) is 10.1 Å². The van der Waals surface area contributed by atoms with E-state index < -0.39 is 17.7 Å². The second-order valence-corrected chi connectivity index (χ2v) is 6.35. The second-order valence-electron chi connectivity index (χ2n) is 6.35. The molecule has 0 radical (unpaired) electrons. The predicted octanol–water partition coefficient (Wildman–Crippen LogP) is 3.49. The van der Waals surface area contributed by atoms with E-state index in [9.17, 15) is 24.2 Å². The molecule has 0 fully saturated rings. The smallest absolute Gasteiger partial charge is 0.339 e. The minimum atomic E-state index is -1.17. The van der Waals surface area contributed by atoms with Crippen molar-refractivity contribution in [3.63, 3.8) is 0 Å². The van der Waals surface area contributed by atoms with Gasteiger partial charge in [-0.2, -0.15) is 0 Å². The lowest BCUT2D eigenvalue weighted by Gasteiger charge is -2.26. The molecule has 1 aliphatic rings. The Balaban J connectivity index is 1.95. The van der Waals surface area contributed by atoms with Gasteiger partial charge >= 0.3 is 5.97 Å². The second kappa shape index (κ2) is 6.28. The van der Waals surface area contributed by atoms with Crippen molar-refractivity contribution >= 4 is 17.6 Å². The summed E-state index contributed by atoms with van der Waals surface area (Å²) in [6, 6.07) is 12.1. The van der Waals surface area contributed by atoms with Crippen LogP contribution in [0.25, 0.3) is 5.69 Å². The molecule has 27 heavy (non-hydrogen) atoms. The zero-order chi connectivity index (χ0) is 19.1. The topological polar surface area (TPSA) is 91.6 Å². The van der Waals surface area contributed by atoms with Crippen LogP contribution >= 0.6 is 0 Å². The zero-order valence-corrected chi connectivity index (χ0v) is 14.0. The first-order valence-corrected chi connectivity index (χ1v) is 8.27. The SMILES string of the molecule is O=C1CC(c2ccc(O)cc2)c2c(c(C(=O)O)cn2-c2ccc(F)cc2)N1. The van der Waals surface area contributed by atoms with Crippen molar-refractivity contribution in [2.75, 3.05) is 5.32 Å². The lowest BCUT2D eigenvalue weighted by molar-refractivity contribution is -0.116. The lowest BCUT2D eigenvalue weighted by atomic mass is 9.88. The van der Waals surface area contributed by atoms with Crippen LogP contribution in [0.15, 0.2) is 54.7 Å². The molecule has 7 heteroatoms. The van der Waals surface area contributed by atoms with Crippen LogP contribution < -0.4 is 5.32 Å². The molecule has 0 spiro atoms. The molecule has 0 aliphatic carbocycles. The van der Waals surface area contributed by atoms with E-state index in [-0.39, 0.29) is 29.3 Å². The number of hydrogen-bond acceptors (Lipinski definition) is 3. The van der Waals surface area contributed by atoms with Gasteiger partial charge in [-0.25, -0.2) is 9.18 Å². The number of amides is 1. The number of halogens is 1. The molecule has 1 atom stereocenters. The van der Waals surface area contributed by atoms with Gasteiger partial charge in [0.2, 0.25) is 5.91 Å². The van der Waals surface area contributed by atoms with E-state index in [0.717, 1.165) is 5.56 Å². The molecule has 1 aliphatic heterocycles. The number of nitrogens with zero attached hydrogens (tertiary/aromatic N) is 1. The third-order valence-electron chi connectivity index (χ3n) is 4.66. The van der Waals surface area contributed by atoms with Crippen LogP contribution in [0, 0.1) is 5.82 Å². The standard InChI is InChI=1S/C20H15FN2O4/c21-12-3-5-13(6-4-12)23-10-16(20(26)27)18-19(23)15(9-17(25)22-18)11-1-7-14(24)8-2-11/h1-8,10,15,24H,9H2,(H,22,25)(H,26,27). The van der Waals surface area contributed by atoms with Gasteiger partial charge in [0.1, 0.15) is 17.1 Å². The maximum absolute atomic E-state index is 13.3. The molecule has 3 aromatic rings. The number of carboxylic acids is 1. The molecule has 2 heterocycles. The summed E-state index contributed by atoms with van der Waals surface area (Å²) in [5, 5.41) is 21.8. The molecule has 6 nitrogen and oxygen atoms in total. The molecule has 0 bridgehead atoms. The van der Waals surface area contributed by atoms with Gasteiger partial charge < -0.3 is 20.1 Å². The lowest BCUT2D eigenvalue weighted by Crippen LogP contribution is -2.25. The first kappa shape index (κ1) is 16.8. The van der Waals surface area contributed by atoms with Gasteiger partial charge in [0.05, 0.1) is 11.4 Å². The molecule has 1 aromatic heterocycles. The molecule has 3 N–H and O–H groups in total. The number of anilines is 1. The Bertz CT molecular complexity index is 1040. The normalized spacial score (nSPS) is 15.9. The van der Waals surface area contributed by atoms with Crippen molar-refractivity contribution in [1.82, 2.24) is 4.57 Å². The summed E-state index contributed by atoms with van der Waals surface area (Å²) < 4.78 is 15.0. The van der Waals surface area contributed by atoms with Crippen molar-refractivity contribution in [2.45, 2.75) is 12.3 Å². The van der Waals surface area contributed by atoms with Crippen LogP contribution in [-0.2, 0) is 4.79 Å². The van der Waals surface area contributed by atoms with Crippen LogP contribution in [-0.4, -0.2) is 26.7 Å². The quantitative estimate of drug-likeness (QED) is 0.662. The summed E-state index contributed by atoms with van der Waals surface area (Å²) in [5.41, 5.74) is 2.15. The van der Waals surface area contributed by atoms with E-state index in [0.29, 0.717) is 11.4 Å². The number of nitrogens with one attached hydrogen (secondary N) is 1. The number of hydrogen-bond donors (Lipinski definition) is 3. The highest BCUT2D eigenvalue weighted by molar-refractivity contribution is 6.04. The van der Waals surface area contributed by atoms with Gasteiger partial charge in [0, 0.05) is 24.2 Å². The highest BCUT2D eigenvalue weighted by atomic mass is 19.1. The fourth-order valence-electron chi connectivity index (χ4n) is 3.43. The highest BCUT2D eigenvalue weighted by Gasteiger charge is 2.34. The van der Waals surface area contributed by atoms with E-state index in [2.05, 4.69) is 5.32 Å². The third-order valence-corrected chi connectivity index (χ3v) is 4.66. The van der Waals surface area contributed by atoms with Gasteiger partial charge in [-0.1, -0.05) is 12.1 Å². The molecule has 2 aromatic carbocycles. The summed E-state index contributed by atoms with van der Waals surface area (Å²) >= 11 is 0. The van der Waals surface area contributed by atoms with Crippen molar-refractivity contribution < 1.29 is 24.2 Å².